The molecule has 0 radical (unpaired) electrons. The van der Waals surface area contributed by atoms with Crippen LogP contribution in [-0.4, -0.2) is 45.7 Å². The van der Waals surface area contributed by atoms with Gasteiger partial charge in [0, 0.05) is 18.0 Å². The van der Waals surface area contributed by atoms with E-state index >= 15 is 0 Å². The lowest BCUT2D eigenvalue weighted by Crippen LogP contribution is -2.26. The Morgan fingerprint density at radius 3 is 1.75 bits per heavy atom. The number of hydrogen-bond acceptors (Lipinski definition) is 6. The maximum absolute atomic E-state index is 12.5. The molecule has 114 valence electrons. The molecule has 0 heterocycles. The summed E-state index contributed by atoms with van der Waals surface area (Å²) in [4.78, 5) is 0.708. The van der Waals surface area contributed by atoms with E-state index in [1.807, 2.05) is 0 Å². The molecule has 0 atom stereocenters. The molecule has 20 heavy (non-hydrogen) atoms. The van der Waals surface area contributed by atoms with Crippen molar-refractivity contribution in [3.63, 3.8) is 0 Å². The smallest absolute Gasteiger partial charge is 0.244 e. The van der Waals surface area contributed by atoms with Crippen molar-refractivity contribution in [2.75, 3.05) is 24.6 Å². The average Bonchev–Trinajstić information content (AvgIpc) is 2.32. The maximum Gasteiger partial charge on any atom is 0.303 e. The molecule has 0 saturated carbocycles. The molecule has 0 aliphatic heterocycles. The summed E-state index contributed by atoms with van der Waals surface area (Å²) < 4.78 is 68.3. The molecule has 0 aliphatic carbocycles. The van der Waals surface area contributed by atoms with E-state index in [-0.39, 0.29) is 13.1 Å². The first kappa shape index (κ1) is 17.3. The van der Waals surface area contributed by atoms with E-state index in [0.717, 1.165) is 11.9 Å². The third kappa shape index (κ3) is 8.46. The van der Waals surface area contributed by atoms with Crippen LogP contribution >= 0.6 is 11.9 Å². The van der Waals surface area contributed by atoms with E-state index in [1.54, 1.807) is 30.3 Å². The van der Waals surface area contributed by atoms with Crippen LogP contribution in [0.25, 0.3) is 0 Å². The number of hydrogen-bond donors (Lipinski definition) is 0. The number of benzene rings is 1. The standard InChI is InChI=1S/C10H13F2NO4S3/c11-19(14,15)8-6-13(7-9-20(12,16)17)18-10-4-2-1-3-5-10/h1-5H,6-9H2. The van der Waals surface area contributed by atoms with Gasteiger partial charge in [-0.25, -0.2) is 4.31 Å². The molecule has 1 rings (SSSR count). The summed E-state index contributed by atoms with van der Waals surface area (Å²) >= 11 is 1.04. The Bertz CT molecular complexity index is 583. The summed E-state index contributed by atoms with van der Waals surface area (Å²) in [5.41, 5.74) is 0. The first-order chi connectivity index (χ1) is 9.16. The lowest BCUT2D eigenvalue weighted by atomic mass is 10.4. The van der Waals surface area contributed by atoms with Crippen LogP contribution in [0, 0.1) is 0 Å². The Kier molecular flexibility index (Phi) is 6.37. The normalized spacial score (nSPS) is 12.8. The second-order valence-corrected chi connectivity index (χ2v) is 7.96. The summed E-state index contributed by atoms with van der Waals surface area (Å²) in [7, 11) is -9.33. The number of nitrogens with zero attached hydrogens (tertiary/aromatic N) is 1. The second-order valence-electron chi connectivity index (χ2n) is 3.82. The van der Waals surface area contributed by atoms with Crippen molar-refractivity contribution in [1.82, 2.24) is 4.31 Å². The minimum Gasteiger partial charge on any atom is -0.244 e. The molecule has 0 N–H and O–H groups in total. The van der Waals surface area contributed by atoms with Crippen molar-refractivity contribution >= 4 is 32.4 Å². The van der Waals surface area contributed by atoms with Crippen LogP contribution < -0.4 is 0 Å². The fraction of sp³-hybridized carbons (Fsp3) is 0.400. The summed E-state index contributed by atoms with van der Waals surface area (Å²) in [5, 5.41) is 0. The number of halogens is 2. The van der Waals surface area contributed by atoms with Gasteiger partial charge in [0.15, 0.2) is 0 Å². The van der Waals surface area contributed by atoms with Crippen LogP contribution in [0.4, 0.5) is 7.77 Å². The van der Waals surface area contributed by atoms with Crippen molar-refractivity contribution in [1.29, 1.82) is 0 Å². The Hall–Kier alpha value is -0.710. The van der Waals surface area contributed by atoms with Gasteiger partial charge in [-0.15, -0.1) is 7.77 Å². The van der Waals surface area contributed by atoms with E-state index in [2.05, 4.69) is 0 Å². The van der Waals surface area contributed by atoms with Crippen LogP contribution in [0.2, 0.25) is 0 Å². The zero-order valence-electron chi connectivity index (χ0n) is 10.3. The van der Waals surface area contributed by atoms with E-state index in [1.165, 1.54) is 4.31 Å². The van der Waals surface area contributed by atoms with Crippen LogP contribution in [-0.2, 0) is 20.4 Å². The van der Waals surface area contributed by atoms with E-state index in [4.69, 9.17) is 0 Å². The molecule has 0 saturated heterocycles. The van der Waals surface area contributed by atoms with Crippen LogP contribution in [0.5, 0.6) is 0 Å². The summed E-state index contributed by atoms with van der Waals surface area (Å²) in [6.07, 6.45) is 0. The molecule has 0 spiro atoms. The van der Waals surface area contributed by atoms with Gasteiger partial charge in [0.2, 0.25) is 0 Å². The van der Waals surface area contributed by atoms with Gasteiger partial charge in [-0.2, -0.15) is 16.8 Å². The van der Waals surface area contributed by atoms with E-state index in [9.17, 15) is 24.6 Å². The maximum atomic E-state index is 12.5. The molecule has 0 unspecified atom stereocenters. The Labute approximate surface area is 121 Å². The highest BCUT2D eigenvalue weighted by molar-refractivity contribution is 7.97. The molecule has 0 bridgehead atoms. The highest BCUT2D eigenvalue weighted by Gasteiger charge is 2.16. The van der Waals surface area contributed by atoms with Crippen LogP contribution in [0.3, 0.4) is 0 Å². The molecule has 0 amide bonds. The molecular weight excluding hydrogens is 332 g/mol. The summed E-state index contributed by atoms with van der Waals surface area (Å²) in [6.45, 7) is -0.484. The molecule has 1 aromatic carbocycles. The Balaban J connectivity index is 2.68. The molecule has 0 aliphatic rings. The SMILES string of the molecule is O=S(=O)(F)CCN(CCS(=O)(=O)F)Sc1ccccc1. The fourth-order valence-corrected chi connectivity index (χ4v) is 3.31. The zero-order chi connectivity index (χ0) is 15.2. The van der Waals surface area contributed by atoms with E-state index < -0.39 is 32.0 Å². The summed E-state index contributed by atoms with van der Waals surface area (Å²) in [5.74, 6) is -1.56. The topological polar surface area (TPSA) is 71.5 Å². The molecule has 1 aromatic rings. The van der Waals surface area contributed by atoms with Gasteiger partial charge in [-0.05, 0) is 24.1 Å². The molecule has 0 fully saturated rings. The predicted octanol–water partition coefficient (Wildman–Crippen LogP) is 1.59. The Morgan fingerprint density at radius 1 is 0.900 bits per heavy atom. The van der Waals surface area contributed by atoms with Gasteiger partial charge in [0.05, 0.1) is 11.5 Å². The van der Waals surface area contributed by atoms with Gasteiger partial charge in [0.1, 0.15) is 0 Å². The predicted molar refractivity (Wildman–Crippen MR) is 73.7 cm³/mol. The van der Waals surface area contributed by atoms with E-state index in [0.29, 0.717) is 4.90 Å². The van der Waals surface area contributed by atoms with Gasteiger partial charge in [0.25, 0.3) is 0 Å². The first-order valence-electron chi connectivity index (χ1n) is 5.48. The molecular formula is C10H13F2NO4S3. The Morgan fingerprint density at radius 2 is 1.35 bits per heavy atom. The highest BCUT2D eigenvalue weighted by Crippen LogP contribution is 2.22. The van der Waals surface area contributed by atoms with Gasteiger partial charge in [-0.3, -0.25) is 0 Å². The highest BCUT2D eigenvalue weighted by atomic mass is 32.3. The van der Waals surface area contributed by atoms with Crippen molar-refractivity contribution in [2.45, 2.75) is 4.90 Å². The first-order valence-corrected chi connectivity index (χ1v) is 9.36. The molecule has 0 aromatic heterocycles. The molecule has 10 heteroatoms. The lowest BCUT2D eigenvalue weighted by molar-refractivity contribution is 0.493. The third-order valence-corrected chi connectivity index (χ3v) is 4.59. The lowest BCUT2D eigenvalue weighted by Gasteiger charge is -2.19. The third-order valence-electron chi connectivity index (χ3n) is 2.15. The monoisotopic (exact) mass is 345 g/mol. The average molecular weight is 345 g/mol. The minimum absolute atomic E-state index is 0.242. The quantitative estimate of drug-likeness (QED) is 0.526. The van der Waals surface area contributed by atoms with Gasteiger partial charge in [-0.1, -0.05) is 18.2 Å². The van der Waals surface area contributed by atoms with Gasteiger partial charge < -0.3 is 0 Å². The minimum atomic E-state index is -4.66. The largest absolute Gasteiger partial charge is 0.303 e. The van der Waals surface area contributed by atoms with Gasteiger partial charge >= 0.3 is 20.4 Å². The van der Waals surface area contributed by atoms with Crippen molar-refractivity contribution in [3.05, 3.63) is 30.3 Å². The molecule has 5 nitrogen and oxygen atoms in total. The second kappa shape index (κ2) is 7.34. The number of rotatable bonds is 8. The van der Waals surface area contributed by atoms with Crippen molar-refractivity contribution in [3.8, 4) is 0 Å². The van der Waals surface area contributed by atoms with Crippen LogP contribution in [0.15, 0.2) is 35.2 Å². The summed E-state index contributed by atoms with van der Waals surface area (Å²) in [6, 6.07) is 8.67. The fourth-order valence-electron chi connectivity index (χ4n) is 1.26. The van der Waals surface area contributed by atoms with Crippen molar-refractivity contribution in [2.24, 2.45) is 0 Å². The zero-order valence-corrected chi connectivity index (χ0v) is 12.7. The van der Waals surface area contributed by atoms with Crippen molar-refractivity contribution < 1.29 is 24.6 Å². The van der Waals surface area contributed by atoms with Crippen LogP contribution in [0.1, 0.15) is 0 Å².